The second-order valence-electron chi connectivity index (χ2n) is 7.91. The predicted molar refractivity (Wildman–Crippen MR) is 116 cm³/mol. The predicted octanol–water partition coefficient (Wildman–Crippen LogP) is 6.41. The Kier molecular flexibility index (Phi) is 3.87. The fourth-order valence-corrected chi connectivity index (χ4v) is 4.60. The normalized spacial score (nSPS) is 21.1. The van der Waals surface area contributed by atoms with Gasteiger partial charge in [-0.05, 0) is 46.0 Å². The lowest BCUT2D eigenvalue weighted by Gasteiger charge is -2.42. The third kappa shape index (κ3) is 2.65. The fourth-order valence-electron chi connectivity index (χ4n) is 4.60. The van der Waals surface area contributed by atoms with E-state index in [1.54, 1.807) is 6.07 Å². The summed E-state index contributed by atoms with van der Waals surface area (Å²) in [5.74, 6) is 0.310. The number of hydrogen-bond acceptors (Lipinski definition) is 2. The number of phenolic OH excluding ortho intramolecular Hbond substituents is 1. The number of phenols is 1. The van der Waals surface area contributed by atoms with Gasteiger partial charge in [-0.1, -0.05) is 85.8 Å². The van der Waals surface area contributed by atoms with E-state index in [1.807, 2.05) is 6.07 Å². The van der Waals surface area contributed by atoms with Crippen molar-refractivity contribution in [2.75, 3.05) is 5.32 Å². The molecule has 0 saturated heterocycles. The molecule has 2 N–H and O–H groups in total. The summed E-state index contributed by atoms with van der Waals surface area (Å²) < 4.78 is 0. The van der Waals surface area contributed by atoms with E-state index in [-0.39, 0.29) is 11.5 Å². The van der Waals surface area contributed by atoms with E-state index in [4.69, 9.17) is 0 Å². The molecule has 0 aromatic heterocycles. The lowest BCUT2D eigenvalue weighted by atomic mass is 9.68. The summed E-state index contributed by atoms with van der Waals surface area (Å²) in [5.41, 5.74) is 4.33. The Morgan fingerprint density at radius 1 is 0.821 bits per heavy atom. The van der Waals surface area contributed by atoms with E-state index in [1.165, 1.54) is 21.9 Å². The van der Waals surface area contributed by atoms with Crippen molar-refractivity contribution < 1.29 is 5.11 Å². The zero-order valence-corrected chi connectivity index (χ0v) is 15.9. The Labute approximate surface area is 165 Å². The van der Waals surface area contributed by atoms with Gasteiger partial charge in [0.15, 0.2) is 0 Å². The number of rotatable bonds is 2. The van der Waals surface area contributed by atoms with Crippen LogP contribution in [0, 0.1) is 0 Å². The Morgan fingerprint density at radius 2 is 1.57 bits per heavy atom. The largest absolute Gasteiger partial charge is 0.506 e. The lowest BCUT2D eigenvalue weighted by Crippen LogP contribution is -2.34. The highest BCUT2D eigenvalue weighted by Crippen LogP contribution is 2.50. The number of anilines is 1. The molecule has 2 atom stereocenters. The van der Waals surface area contributed by atoms with Gasteiger partial charge in [-0.2, -0.15) is 0 Å². The summed E-state index contributed by atoms with van der Waals surface area (Å²) in [5, 5.41) is 16.7. The molecule has 1 heterocycles. The quantitative estimate of drug-likeness (QED) is 0.402. The van der Waals surface area contributed by atoms with Crippen molar-refractivity contribution >= 4 is 16.5 Å². The average Bonchev–Trinajstić information content (AvgIpc) is 2.75. The van der Waals surface area contributed by atoms with E-state index in [2.05, 4.69) is 91.1 Å². The highest BCUT2D eigenvalue weighted by Gasteiger charge is 2.39. The highest BCUT2D eigenvalue weighted by molar-refractivity contribution is 5.83. The van der Waals surface area contributed by atoms with Gasteiger partial charge in [0.05, 0.1) is 11.7 Å². The zero-order chi connectivity index (χ0) is 19.1. The highest BCUT2D eigenvalue weighted by atomic mass is 16.3. The minimum absolute atomic E-state index is 0.121. The van der Waals surface area contributed by atoms with Crippen LogP contribution in [0.15, 0.2) is 91.0 Å². The molecule has 0 unspecified atom stereocenters. The summed E-state index contributed by atoms with van der Waals surface area (Å²) in [7, 11) is 0. The Balaban J connectivity index is 1.66. The standard InChI is InChI=1S/C26H23NO/c1-26(21-10-3-2-4-11-21)17-23(27-25-22(26)12-7-13-24(25)28)20-15-14-18-8-5-6-9-19(18)16-20/h2-16,23,27-28H,17H2,1H3/t23-,26-/m0/s1. The summed E-state index contributed by atoms with van der Waals surface area (Å²) in [4.78, 5) is 0. The van der Waals surface area contributed by atoms with Crippen LogP contribution >= 0.6 is 0 Å². The molecule has 0 aliphatic carbocycles. The van der Waals surface area contributed by atoms with Gasteiger partial charge in [-0.3, -0.25) is 0 Å². The van der Waals surface area contributed by atoms with E-state index in [9.17, 15) is 5.11 Å². The Bertz CT molecular complexity index is 1150. The van der Waals surface area contributed by atoms with Crippen LogP contribution in [-0.2, 0) is 5.41 Å². The van der Waals surface area contributed by atoms with Crippen LogP contribution in [0.3, 0.4) is 0 Å². The fraction of sp³-hybridized carbons (Fsp3) is 0.154. The zero-order valence-electron chi connectivity index (χ0n) is 15.9. The van der Waals surface area contributed by atoms with E-state index in [0.717, 1.165) is 17.7 Å². The number of benzene rings is 4. The van der Waals surface area contributed by atoms with Crippen LogP contribution in [-0.4, -0.2) is 5.11 Å². The molecule has 0 fully saturated rings. The van der Waals surface area contributed by atoms with Gasteiger partial charge in [-0.25, -0.2) is 0 Å². The molecule has 0 radical (unpaired) electrons. The summed E-state index contributed by atoms with van der Waals surface area (Å²) >= 11 is 0. The summed E-state index contributed by atoms with van der Waals surface area (Å²) in [6, 6.07) is 31.7. The molecule has 2 nitrogen and oxygen atoms in total. The molecule has 4 aromatic rings. The summed E-state index contributed by atoms with van der Waals surface area (Å²) in [6.45, 7) is 2.29. The van der Waals surface area contributed by atoms with Crippen LogP contribution in [0.1, 0.15) is 36.1 Å². The van der Waals surface area contributed by atoms with Gasteiger partial charge in [-0.15, -0.1) is 0 Å². The van der Waals surface area contributed by atoms with Crippen molar-refractivity contribution in [2.24, 2.45) is 0 Å². The van der Waals surface area contributed by atoms with Crippen LogP contribution in [0.4, 0.5) is 5.69 Å². The second kappa shape index (κ2) is 6.42. The van der Waals surface area contributed by atoms with E-state index >= 15 is 0 Å². The molecule has 0 amide bonds. The first-order chi connectivity index (χ1) is 13.6. The minimum Gasteiger partial charge on any atom is -0.506 e. The van der Waals surface area contributed by atoms with Crippen molar-refractivity contribution in [1.82, 2.24) is 0 Å². The average molecular weight is 365 g/mol. The van der Waals surface area contributed by atoms with Crippen LogP contribution in [0.5, 0.6) is 5.75 Å². The molecule has 2 heteroatoms. The molecule has 0 bridgehead atoms. The smallest absolute Gasteiger partial charge is 0.139 e. The molecule has 4 aromatic carbocycles. The van der Waals surface area contributed by atoms with Gasteiger partial charge in [0.25, 0.3) is 0 Å². The SMILES string of the molecule is C[C@@]1(c2ccccc2)C[C@@H](c2ccc3ccccc3c2)Nc2c(O)cccc21. The molecular weight excluding hydrogens is 342 g/mol. The minimum atomic E-state index is -0.184. The molecule has 5 rings (SSSR count). The molecular formula is C26H23NO. The third-order valence-electron chi connectivity index (χ3n) is 6.15. The monoisotopic (exact) mass is 365 g/mol. The van der Waals surface area contributed by atoms with Gasteiger partial charge < -0.3 is 10.4 Å². The Hall–Kier alpha value is -3.26. The number of para-hydroxylation sites is 1. The maximum Gasteiger partial charge on any atom is 0.139 e. The molecule has 0 spiro atoms. The van der Waals surface area contributed by atoms with E-state index < -0.39 is 0 Å². The first-order valence-electron chi connectivity index (χ1n) is 9.78. The number of fused-ring (bicyclic) bond motifs is 2. The Morgan fingerprint density at radius 3 is 2.39 bits per heavy atom. The van der Waals surface area contributed by atoms with Crippen molar-refractivity contribution in [3.05, 3.63) is 108 Å². The first kappa shape index (κ1) is 16.9. The number of aromatic hydroxyl groups is 1. The number of nitrogens with one attached hydrogen (secondary N) is 1. The maximum atomic E-state index is 10.6. The van der Waals surface area contributed by atoms with Gasteiger partial charge in [0.1, 0.15) is 5.75 Å². The third-order valence-corrected chi connectivity index (χ3v) is 6.15. The first-order valence-corrected chi connectivity index (χ1v) is 9.78. The maximum absolute atomic E-state index is 10.6. The van der Waals surface area contributed by atoms with Gasteiger partial charge in [0, 0.05) is 5.41 Å². The van der Waals surface area contributed by atoms with Crippen molar-refractivity contribution in [1.29, 1.82) is 0 Å². The lowest BCUT2D eigenvalue weighted by molar-refractivity contribution is 0.438. The molecule has 28 heavy (non-hydrogen) atoms. The molecule has 1 aliphatic rings. The van der Waals surface area contributed by atoms with Crippen LogP contribution in [0.2, 0.25) is 0 Å². The van der Waals surface area contributed by atoms with Crippen molar-refractivity contribution in [3.8, 4) is 5.75 Å². The van der Waals surface area contributed by atoms with Crippen LogP contribution < -0.4 is 5.32 Å². The van der Waals surface area contributed by atoms with Gasteiger partial charge >= 0.3 is 0 Å². The van der Waals surface area contributed by atoms with Crippen molar-refractivity contribution in [3.63, 3.8) is 0 Å². The van der Waals surface area contributed by atoms with Crippen molar-refractivity contribution in [2.45, 2.75) is 24.8 Å². The molecule has 0 saturated carbocycles. The summed E-state index contributed by atoms with van der Waals surface area (Å²) in [6.07, 6.45) is 0.922. The van der Waals surface area contributed by atoms with Crippen LogP contribution in [0.25, 0.3) is 10.8 Å². The topological polar surface area (TPSA) is 32.3 Å². The second-order valence-corrected chi connectivity index (χ2v) is 7.91. The molecule has 138 valence electrons. The van der Waals surface area contributed by atoms with E-state index in [0.29, 0.717) is 5.75 Å². The van der Waals surface area contributed by atoms with Gasteiger partial charge in [0.2, 0.25) is 0 Å². The number of hydrogen-bond donors (Lipinski definition) is 2. The molecule has 1 aliphatic heterocycles.